The largest absolute Gasteiger partial charge is 0.494 e. The van der Waals surface area contributed by atoms with E-state index in [0.29, 0.717) is 5.92 Å². The van der Waals surface area contributed by atoms with E-state index in [9.17, 15) is 4.39 Å². The fourth-order valence-corrected chi connectivity index (χ4v) is 2.94. The molecule has 0 radical (unpaired) electrons. The molecule has 0 amide bonds. The SMILES string of the molecule is COc1ccc(C(N)c2ccccc2C2CCC2)cc1F. The molecule has 2 N–H and O–H groups in total. The highest BCUT2D eigenvalue weighted by atomic mass is 19.1. The van der Waals surface area contributed by atoms with Crippen molar-refractivity contribution in [3.63, 3.8) is 0 Å². The third-order valence-electron chi connectivity index (χ3n) is 4.41. The Morgan fingerprint density at radius 2 is 1.95 bits per heavy atom. The van der Waals surface area contributed by atoms with Gasteiger partial charge in [0.1, 0.15) is 0 Å². The quantitative estimate of drug-likeness (QED) is 0.916. The molecular formula is C18H20FNO. The van der Waals surface area contributed by atoms with E-state index in [0.717, 1.165) is 11.1 Å². The molecule has 3 rings (SSSR count). The number of rotatable bonds is 4. The van der Waals surface area contributed by atoms with Gasteiger partial charge in [0.15, 0.2) is 11.6 Å². The zero-order valence-electron chi connectivity index (χ0n) is 12.2. The summed E-state index contributed by atoms with van der Waals surface area (Å²) in [5, 5.41) is 0. The molecule has 0 heterocycles. The summed E-state index contributed by atoms with van der Waals surface area (Å²) in [6.45, 7) is 0. The van der Waals surface area contributed by atoms with E-state index in [1.807, 2.05) is 12.1 Å². The van der Waals surface area contributed by atoms with Crippen molar-refractivity contribution in [2.75, 3.05) is 7.11 Å². The number of halogens is 1. The van der Waals surface area contributed by atoms with Gasteiger partial charge in [-0.1, -0.05) is 36.8 Å². The highest BCUT2D eigenvalue weighted by Crippen LogP contribution is 2.40. The van der Waals surface area contributed by atoms with Crippen LogP contribution in [-0.2, 0) is 0 Å². The smallest absolute Gasteiger partial charge is 0.165 e. The molecule has 1 aliphatic carbocycles. The summed E-state index contributed by atoms with van der Waals surface area (Å²) in [6, 6.07) is 12.9. The molecule has 1 saturated carbocycles. The number of methoxy groups -OCH3 is 1. The van der Waals surface area contributed by atoms with Crippen molar-refractivity contribution >= 4 is 0 Å². The van der Waals surface area contributed by atoms with Crippen LogP contribution in [0.1, 0.15) is 47.9 Å². The van der Waals surface area contributed by atoms with Gasteiger partial charge in [-0.05, 0) is 47.6 Å². The molecule has 110 valence electrons. The molecule has 1 unspecified atom stereocenters. The first-order valence-electron chi connectivity index (χ1n) is 7.38. The number of benzene rings is 2. The average molecular weight is 285 g/mol. The van der Waals surface area contributed by atoms with E-state index < -0.39 is 0 Å². The lowest BCUT2D eigenvalue weighted by molar-refractivity contribution is 0.386. The zero-order chi connectivity index (χ0) is 14.8. The Morgan fingerprint density at radius 1 is 1.19 bits per heavy atom. The maximum atomic E-state index is 13.9. The predicted molar refractivity (Wildman–Crippen MR) is 82.0 cm³/mol. The Morgan fingerprint density at radius 3 is 2.57 bits per heavy atom. The predicted octanol–water partition coefficient (Wildman–Crippen LogP) is 4.15. The lowest BCUT2D eigenvalue weighted by Crippen LogP contribution is -2.18. The van der Waals surface area contributed by atoms with Crippen molar-refractivity contribution < 1.29 is 9.13 Å². The lowest BCUT2D eigenvalue weighted by Gasteiger charge is -2.29. The van der Waals surface area contributed by atoms with E-state index in [2.05, 4.69) is 18.2 Å². The topological polar surface area (TPSA) is 35.2 Å². The van der Waals surface area contributed by atoms with Crippen molar-refractivity contribution in [3.05, 3.63) is 65.0 Å². The second kappa shape index (κ2) is 5.86. The summed E-state index contributed by atoms with van der Waals surface area (Å²) in [6.07, 6.45) is 3.73. The van der Waals surface area contributed by atoms with E-state index in [4.69, 9.17) is 10.5 Å². The Bertz CT molecular complexity index is 637. The molecule has 1 atom stereocenters. The van der Waals surface area contributed by atoms with Crippen LogP contribution in [0.2, 0.25) is 0 Å². The summed E-state index contributed by atoms with van der Waals surface area (Å²) in [5.41, 5.74) is 9.58. The molecule has 0 aliphatic heterocycles. The van der Waals surface area contributed by atoms with Gasteiger partial charge in [0.2, 0.25) is 0 Å². The first-order chi connectivity index (χ1) is 10.2. The molecule has 21 heavy (non-hydrogen) atoms. The molecular weight excluding hydrogens is 265 g/mol. The standard InChI is InChI=1S/C18H20FNO/c1-21-17-10-9-13(11-16(17)19)18(20)15-8-3-2-7-14(15)12-5-4-6-12/h2-3,7-12,18H,4-6,20H2,1H3. The number of hydrogen-bond donors (Lipinski definition) is 1. The lowest BCUT2D eigenvalue weighted by atomic mass is 9.76. The van der Waals surface area contributed by atoms with Crippen LogP contribution in [0.4, 0.5) is 4.39 Å². The molecule has 0 bridgehead atoms. The first-order valence-corrected chi connectivity index (χ1v) is 7.38. The minimum Gasteiger partial charge on any atom is -0.494 e. The first kappa shape index (κ1) is 14.1. The van der Waals surface area contributed by atoms with Gasteiger partial charge in [0.05, 0.1) is 13.2 Å². The van der Waals surface area contributed by atoms with Crippen LogP contribution in [0, 0.1) is 5.82 Å². The van der Waals surface area contributed by atoms with Crippen LogP contribution in [0.15, 0.2) is 42.5 Å². The van der Waals surface area contributed by atoms with E-state index in [1.54, 1.807) is 6.07 Å². The fourth-order valence-electron chi connectivity index (χ4n) is 2.94. The number of hydrogen-bond acceptors (Lipinski definition) is 2. The molecule has 1 aliphatic rings. The Balaban J connectivity index is 1.94. The van der Waals surface area contributed by atoms with Crippen molar-refractivity contribution in [2.45, 2.75) is 31.2 Å². The van der Waals surface area contributed by atoms with E-state index >= 15 is 0 Å². The van der Waals surface area contributed by atoms with Gasteiger partial charge < -0.3 is 10.5 Å². The maximum absolute atomic E-state index is 13.9. The summed E-state index contributed by atoms with van der Waals surface area (Å²) in [5.74, 6) is 0.486. The zero-order valence-corrected chi connectivity index (χ0v) is 12.2. The van der Waals surface area contributed by atoms with Crippen LogP contribution in [-0.4, -0.2) is 7.11 Å². The molecule has 2 aromatic rings. The van der Waals surface area contributed by atoms with Gasteiger partial charge in [-0.2, -0.15) is 0 Å². The van der Waals surface area contributed by atoms with Gasteiger partial charge in [-0.25, -0.2) is 4.39 Å². The van der Waals surface area contributed by atoms with E-state index in [-0.39, 0.29) is 17.6 Å². The average Bonchev–Trinajstić information content (AvgIpc) is 2.45. The molecule has 2 nitrogen and oxygen atoms in total. The number of ether oxygens (including phenoxy) is 1. The summed E-state index contributed by atoms with van der Waals surface area (Å²) < 4.78 is 18.8. The third kappa shape index (κ3) is 2.66. The Hall–Kier alpha value is -1.87. The van der Waals surface area contributed by atoms with Gasteiger partial charge in [-0.3, -0.25) is 0 Å². The second-order valence-electron chi connectivity index (χ2n) is 5.63. The van der Waals surface area contributed by atoms with Crippen molar-refractivity contribution in [1.29, 1.82) is 0 Å². The van der Waals surface area contributed by atoms with Crippen molar-refractivity contribution in [1.82, 2.24) is 0 Å². The third-order valence-corrected chi connectivity index (χ3v) is 4.41. The van der Waals surface area contributed by atoms with Crippen molar-refractivity contribution in [2.24, 2.45) is 5.73 Å². The van der Waals surface area contributed by atoms with Gasteiger partial charge >= 0.3 is 0 Å². The second-order valence-corrected chi connectivity index (χ2v) is 5.63. The minimum atomic E-state index is -0.369. The van der Waals surface area contributed by atoms with Crippen LogP contribution in [0.25, 0.3) is 0 Å². The van der Waals surface area contributed by atoms with Crippen LogP contribution in [0.5, 0.6) is 5.75 Å². The highest BCUT2D eigenvalue weighted by Gasteiger charge is 2.24. The summed E-state index contributed by atoms with van der Waals surface area (Å²) in [7, 11) is 1.46. The Kier molecular flexibility index (Phi) is 3.93. The molecule has 2 aromatic carbocycles. The minimum absolute atomic E-state index is 0.248. The highest BCUT2D eigenvalue weighted by molar-refractivity contribution is 5.41. The maximum Gasteiger partial charge on any atom is 0.165 e. The van der Waals surface area contributed by atoms with Crippen LogP contribution >= 0.6 is 0 Å². The molecule has 0 aromatic heterocycles. The summed E-state index contributed by atoms with van der Waals surface area (Å²) in [4.78, 5) is 0. The monoisotopic (exact) mass is 285 g/mol. The molecule has 0 saturated heterocycles. The van der Waals surface area contributed by atoms with Gasteiger partial charge in [0.25, 0.3) is 0 Å². The number of nitrogens with two attached hydrogens (primary N) is 1. The van der Waals surface area contributed by atoms with Crippen molar-refractivity contribution in [3.8, 4) is 5.75 Å². The molecule has 1 fully saturated rings. The van der Waals surface area contributed by atoms with E-state index in [1.165, 1.54) is 38.0 Å². The molecule has 3 heteroatoms. The molecule has 0 spiro atoms. The van der Waals surface area contributed by atoms with Crippen LogP contribution in [0.3, 0.4) is 0 Å². The van der Waals surface area contributed by atoms with Gasteiger partial charge in [-0.15, -0.1) is 0 Å². The Labute approximate surface area is 124 Å². The van der Waals surface area contributed by atoms with Gasteiger partial charge in [0, 0.05) is 0 Å². The summed E-state index contributed by atoms with van der Waals surface area (Å²) >= 11 is 0. The fraction of sp³-hybridized carbons (Fsp3) is 0.333. The van der Waals surface area contributed by atoms with Crippen LogP contribution < -0.4 is 10.5 Å². The normalized spacial score (nSPS) is 16.3.